The first-order valence-corrected chi connectivity index (χ1v) is 8.34. The number of rotatable bonds is 7. The summed E-state index contributed by atoms with van der Waals surface area (Å²) in [4.78, 5) is 0. The highest BCUT2D eigenvalue weighted by atomic mass is 16.4. The number of nitrogens with two attached hydrogens (primary N) is 1. The lowest BCUT2D eigenvalue weighted by Crippen LogP contribution is -2.47. The van der Waals surface area contributed by atoms with Crippen LogP contribution in [0.4, 0.5) is 0 Å². The SMILES string of the molecule is NC(COB(c1ccccc1)c1ccccc1)Cc1ccccc1. The summed E-state index contributed by atoms with van der Waals surface area (Å²) in [5.74, 6) is 0. The Morgan fingerprint density at radius 3 is 1.67 bits per heavy atom. The normalized spacial score (nSPS) is 11.9. The first kappa shape index (κ1) is 16.5. The highest BCUT2D eigenvalue weighted by Crippen LogP contribution is 2.03. The Kier molecular flexibility index (Phi) is 5.83. The monoisotopic (exact) mass is 315 g/mol. The van der Waals surface area contributed by atoms with E-state index in [1.165, 1.54) is 5.56 Å². The minimum absolute atomic E-state index is 0.0256. The molecule has 3 aromatic rings. The van der Waals surface area contributed by atoms with Gasteiger partial charge in [0.2, 0.25) is 0 Å². The molecule has 0 radical (unpaired) electrons. The topological polar surface area (TPSA) is 35.2 Å². The van der Waals surface area contributed by atoms with Crippen molar-refractivity contribution in [3.8, 4) is 0 Å². The summed E-state index contributed by atoms with van der Waals surface area (Å²) in [6.45, 7) is 0.429. The summed E-state index contributed by atoms with van der Waals surface area (Å²) in [6.07, 6.45) is 0.817. The molecule has 1 atom stereocenters. The lowest BCUT2D eigenvalue weighted by molar-refractivity contribution is 0.300. The van der Waals surface area contributed by atoms with Crippen LogP contribution in [0.3, 0.4) is 0 Å². The van der Waals surface area contributed by atoms with E-state index in [0.717, 1.165) is 17.3 Å². The highest BCUT2D eigenvalue weighted by molar-refractivity contribution is 6.80. The maximum Gasteiger partial charge on any atom is 0.361 e. The van der Waals surface area contributed by atoms with E-state index in [0.29, 0.717) is 6.61 Å². The van der Waals surface area contributed by atoms with E-state index < -0.39 is 0 Å². The summed E-state index contributed by atoms with van der Waals surface area (Å²) >= 11 is 0. The standard InChI is InChI=1S/C21H22BNO/c23-21(16-18-10-4-1-5-11-18)17-24-22(19-12-6-2-7-13-19)20-14-8-3-9-15-20/h1-15,21H,16-17,23H2. The van der Waals surface area contributed by atoms with E-state index in [2.05, 4.69) is 36.4 Å². The van der Waals surface area contributed by atoms with E-state index in [1.807, 2.05) is 54.6 Å². The first-order chi connectivity index (χ1) is 11.8. The maximum absolute atomic E-state index is 6.29. The number of hydrogen-bond donors (Lipinski definition) is 1. The fourth-order valence-electron chi connectivity index (χ4n) is 2.84. The molecule has 120 valence electrons. The average molecular weight is 315 g/mol. The largest absolute Gasteiger partial charge is 0.425 e. The van der Waals surface area contributed by atoms with Gasteiger partial charge in [-0.25, -0.2) is 0 Å². The van der Waals surface area contributed by atoms with Crippen LogP contribution in [-0.2, 0) is 11.1 Å². The van der Waals surface area contributed by atoms with E-state index >= 15 is 0 Å². The molecule has 3 rings (SSSR count). The van der Waals surface area contributed by atoms with Crippen LogP contribution in [0.1, 0.15) is 5.56 Å². The van der Waals surface area contributed by atoms with E-state index in [1.54, 1.807) is 0 Å². The molecule has 0 saturated heterocycles. The van der Waals surface area contributed by atoms with Gasteiger partial charge in [0, 0.05) is 12.6 Å². The molecule has 0 amide bonds. The molecular weight excluding hydrogens is 293 g/mol. The molecule has 2 nitrogen and oxygen atoms in total. The molecule has 1 unspecified atom stereocenters. The Hall–Kier alpha value is -2.36. The molecule has 3 heteroatoms. The van der Waals surface area contributed by atoms with Gasteiger partial charge in [-0.2, -0.15) is 0 Å². The summed E-state index contributed by atoms with van der Waals surface area (Å²) in [5.41, 5.74) is 9.82. The van der Waals surface area contributed by atoms with Crippen LogP contribution in [0.5, 0.6) is 0 Å². The van der Waals surface area contributed by atoms with Crippen molar-refractivity contribution in [1.29, 1.82) is 0 Å². The Bertz CT molecular complexity index is 679. The zero-order chi connectivity index (χ0) is 16.6. The second-order valence-corrected chi connectivity index (χ2v) is 5.98. The van der Waals surface area contributed by atoms with Gasteiger partial charge in [-0.05, 0) is 22.9 Å². The molecule has 0 aliphatic rings. The third-order valence-corrected chi connectivity index (χ3v) is 4.02. The van der Waals surface area contributed by atoms with Crippen molar-refractivity contribution in [1.82, 2.24) is 0 Å². The zero-order valence-electron chi connectivity index (χ0n) is 13.7. The van der Waals surface area contributed by atoms with Gasteiger partial charge in [-0.1, -0.05) is 91.0 Å². The maximum atomic E-state index is 6.29. The van der Waals surface area contributed by atoms with Gasteiger partial charge >= 0.3 is 6.92 Å². The molecule has 2 N–H and O–H groups in total. The molecule has 3 aromatic carbocycles. The fourth-order valence-corrected chi connectivity index (χ4v) is 2.84. The Labute approximate surface area is 144 Å². The molecule has 0 heterocycles. The van der Waals surface area contributed by atoms with Gasteiger partial charge in [0.1, 0.15) is 0 Å². The Morgan fingerprint density at radius 2 is 1.17 bits per heavy atom. The van der Waals surface area contributed by atoms with E-state index in [4.69, 9.17) is 10.4 Å². The lowest BCUT2D eigenvalue weighted by Gasteiger charge is -2.19. The van der Waals surface area contributed by atoms with Crippen LogP contribution in [0.15, 0.2) is 91.0 Å². The Morgan fingerprint density at radius 1 is 0.708 bits per heavy atom. The zero-order valence-corrected chi connectivity index (χ0v) is 13.7. The van der Waals surface area contributed by atoms with Gasteiger partial charge in [-0.3, -0.25) is 0 Å². The molecule has 0 aliphatic heterocycles. The molecule has 0 spiro atoms. The first-order valence-electron chi connectivity index (χ1n) is 8.34. The van der Waals surface area contributed by atoms with E-state index in [9.17, 15) is 0 Å². The summed E-state index contributed by atoms with van der Waals surface area (Å²) in [6, 6.07) is 30.9. The molecule has 0 bridgehead atoms. The van der Waals surface area contributed by atoms with Crippen LogP contribution in [0.25, 0.3) is 0 Å². The van der Waals surface area contributed by atoms with Crippen molar-refractivity contribution >= 4 is 17.8 Å². The van der Waals surface area contributed by atoms with Crippen molar-refractivity contribution in [2.45, 2.75) is 12.5 Å². The molecule has 0 fully saturated rings. The molecular formula is C21H22BNO. The van der Waals surface area contributed by atoms with E-state index in [-0.39, 0.29) is 13.0 Å². The summed E-state index contributed by atoms with van der Waals surface area (Å²) < 4.78 is 6.22. The van der Waals surface area contributed by atoms with Crippen molar-refractivity contribution in [2.75, 3.05) is 6.61 Å². The van der Waals surface area contributed by atoms with Crippen LogP contribution in [0.2, 0.25) is 0 Å². The summed E-state index contributed by atoms with van der Waals surface area (Å²) in [7, 11) is 0. The second kappa shape index (κ2) is 8.48. The van der Waals surface area contributed by atoms with Crippen molar-refractivity contribution < 1.29 is 4.65 Å². The molecule has 24 heavy (non-hydrogen) atoms. The predicted octanol–water partition coefficient (Wildman–Crippen LogP) is 2.38. The highest BCUT2D eigenvalue weighted by Gasteiger charge is 2.21. The minimum atomic E-state index is -0.0887. The number of hydrogen-bond acceptors (Lipinski definition) is 2. The third-order valence-electron chi connectivity index (χ3n) is 4.02. The smallest absolute Gasteiger partial charge is 0.361 e. The van der Waals surface area contributed by atoms with Crippen LogP contribution in [0, 0.1) is 0 Å². The van der Waals surface area contributed by atoms with Crippen molar-refractivity contribution in [2.24, 2.45) is 5.73 Å². The van der Waals surface area contributed by atoms with Crippen molar-refractivity contribution in [3.05, 3.63) is 96.6 Å². The van der Waals surface area contributed by atoms with Gasteiger partial charge in [-0.15, -0.1) is 0 Å². The molecule has 0 aliphatic carbocycles. The second-order valence-electron chi connectivity index (χ2n) is 5.98. The summed E-state index contributed by atoms with van der Waals surface area (Å²) in [5, 5.41) is 0. The quantitative estimate of drug-likeness (QED) is 0.680. The Balaban J connectivity index is 1.68. The number of benzene rings is 3. The van der Waals surface area contributed by atoms with Crippen LogP contribution < -0.4 is 16.7 Å². The molecule has 0 aromatic heterocycles. The fraction of sp³-hybridized carbons (Fsp3) is 0.143. The third kappa shape index (κ3) is 4.57. The molecule has 0 saturated carbocycles. The average Bonchev–Trinajstić information content (AvgIpc) is 2.64. The van der Waals surface area contributed by atoms with Crippen LogP contribution >= 0.6 is 0 Å². The van der Waals surface area contributed by atoms with Crippen LogP contribution in [-0.4, -0.2) is 19.6 Å². The van der Waals surface area contributed by atoms with Gasteiger partial charge in [0.25, 0.3) is 0 Å². The van der Waals surface area contributed by atoms with Gasteiger partial charge < -0.3 is 10.4 Å². The predicted molar refractivity (Wildman–Crippen MR) is 102 cm³/mol. The minimum Gasteiger partial charge on any atom is -0.425 e. The lowest BCUT2D eigenvalue weighted by atomic mass is 9.55. The van der Waals surface area contributed by atoms with Gasteiger partial charge in [0.05, 0.1) is 0 Å². The van der Waals surface area contributed by atoms with Crippen molar-refractivity contribution in [3.63, 3.8) is 0 Å². The van der Waals surface area contributed by atoms with Gasteiger partial charge in [0.15, 0.2) is 0 Å².